The fourth-order valence-corrected chi connectivity index (χ4v) is 3.55. The van der Waals surface area contributed by atoms with Crippen molar-refractivity contribution >= 4 is 22.4 Å². The summed E-state index contributed by atoms with van der Waals surface area (Å²) in [6, 6.07) is 0. The zero-order valence-corrected chi connectivity index (χ0v) is 15.0. The smallest absolute Gasteiger partial charge is 0.191 e. The number of aryl methyl sites for hydroxylation is 1. The van der Waals surface area contributed by atoms with Gasteiger partial charge in [0.1, 0.15) is 12.2 Å². The fourth-order valence-electron chi connectivity index (χ4n) is 2.64. The highest BCUT2D eigenvalue weighted by Gasteiger charge is 2.15. The predicted octanol–water partition coefficient (Wildman–Crippen LogP) is 0.779. The summed E-state index contributed by atoms with van der Waals surface area (Å²) in [5.74, 6) is 1.63. The maximum Gasteiger partial charge on any atom is 0.191 e. The van der Waals surface area contributed by atoms with Crippen molar-refractivity contribution in [3.05, 3.63) is 23.2 Å². The highest BCUT2D eigenvalue weighted by molar-refractivity contribution is 7.13. The molecule has 0 saturated carbocycles. The maximum absolute atomic E-state index is 4.74. The molecule has 24 heavy (non-hydrogen) atoms. The van der Waals surface area contributed by atoms with Gasteiger partial charge in [0.25, 0.3) is 0 Å². The van der Waals surface area contributed by atoms with E-state index in [1.807, 2.05) is 7.05 Å². The summed E-state index contributed by atoms with van der Waals surface area (Å²) in [5, 5.41) is 13.9. The van der Waals surface area contributed by atoms with Crippen LogP contribution in [0.4, 0.5) is 5.13 Å². The molecule has 0 aromatic carbocycles. The molecular weight excluding hydrogens is 324 g/mol. The molecule has 0 amide bonds. The Morgan fingerprint density at radius 3 is 2.88 bits per heavy atom. The zero-order valence-electron chi connectivity index (χ0n) is 14.2. The summed E-state index contributed by atoms with van der Waals surface area (Å²) >= 11 is 1.74. The molecule has 130 valence electrons. The van der Waals surface area contributed by atoms with E-state index in [1.54, 1.807) is 29.4 Å². The lowest BCUT2D eigenvalue weighted by atomic mass is 10.3. The summed E-state index contributed by atoms with van der Waals surface area (Å²) in [6.07, 6.45) is 5.00. The first-order valence-electron chi connectivity index (χ1n) is 8.23. The molecule has 1 aliphatic rings. The molecule has 9 heteroatoms. The van der Waals surface area contributed by atoms with E-state index < -0.39 is 0 Å². The highest BCUT2D eigenvalue weighted by atomic mass is 32.1. The largest absolute Gasteiger partial charge is 0.356 e. The minimum Gasteiger partial charge on any atom is -0.356 e. The molecule has 1 fully saturated rings. The SMILES string of the molecule is CN=C(NCCc1csc(N2CCCC2)n1)NCc1ncnn1C. The quantitative estimate of drug-likeness (QED) is 0.593. The van der Waals surface area contributed by atoms with Crippen LogP contribution in [0, 0.1) is 0 Å². The second kappa shape index (κ2) is 8.09. The third-order valence-corrected chi connectivity index (χ3v) is 4.98. The second-order valence-corrected chi connectivity index (χ2v) is 6.55. The number of aromatic nitrogens is 4. The average Bonchev–Trinajstić information content (AvgIpc) is 3.32. The van der Waals surface area contributed by atoms with E-state index >= 15 is 0 Å². The average molecular weight is 348 g/mol. The Labute approximate surface area is 146 Å². The van der Waals surface area contributed by atoms with Crippen molar-refractivity contribution in [2.45, 2.75) is 25.8 Å². The minimum absolute atomic E-state index is 0.589. The molecule has 0 aliphatic carbocycles. The Bertz CT molecular complexity index is 671. The van der Waals surface area contributed by atoms with Crippen LogP contribution in [0.15, 0.2) is 16.7 Å². The zero-order chi connectivity index (χ0) is 16.8. The van der Waals surface area contributed by atoms with Crippen molar-refractivity contribution in [2.75, 3.05) is 31.6 Å². The van der Waals surface area contributed by atoms with Crippen LogP contribution in [0.25, 0.3) is 0 Å². The van der Waals surface area contributed by atoms with Gasteiger partial charge in [-0.05, 0) is 12.8 Å². The number of nitrogens with zero attached hydrogens (tertiary/aromatic N) is 6. The van der Waals surface area contributed by atoms with Crippen molar-refractivity contribution in [3.8, 4) is 0 Å². The number of guanidine groups is 1. The molecule has 0 unspecified atom stereocenters. The first-order valence-corrected chi connectivity index (χ1v) is 9.11. The molecule has 0 radical (unpaired) electrons. The monoisotopic (exact) mass is 348 g/mol. The van der Waals surface area contributed by atoms with Gasteiger partial charge in [0, 0.05) is 45.5 Å². The van der Waals surface area contributed by atoms with Crippen LogP contribution in [0.3, 0.4) is 0 Å². The van der Waals surface area contributed by atoms with E-state index in [-0.39, 0.29) is 0 Å². The van der Waals surface area contributed by atoms with Gasteiger partial charge < -0.3 is 15.5 Å². The van der Waals surface area contributed by atoms with Gasteiger partial charge in [-0.15, -0.1) is 11.3 Å². The first kappa shape index (κ1) is 16.7. The number of nitrogens with one attached hydrogen (secondary N) is 2. The van der Waals surface area contributed by atoms with Crippen LogP contribution < -0.4 is 15.5 Å². The normalized spacial score (nSPS) is 15.1. The maximum atomic E-state index is 4.74. The molecule has 3 rings (SSSR count). The molecule has 3 heterocycles. The summed E-state index contributed by atoms with van der Waals surface area (Å²) in [4.78, 5) is 15.5. The van der Waals surface area contributed by atoms with Crippen molar-refractivity contribution in [1.29, 1.82) is 0 Å². The van der Waals surface area contributed by atoms with Crippen LogP contribution in [-0.4, -0.2) is 52.4 Å². The number of hydrogen-bond donors (Lipinski definition) is 2. The Kier molecular flexibility index (Phi) is 5.63. The third-order valence-electron chi connectivity index (χ3n) is 4.03. The summed E-state index contributed by atoms with van der Waals surface area (Å²) in [7, 11) is 3.64. The van der Waals surface area contributed by atoms with E-state index in [0.717, 1.165) is 48.7 Å². The Balaban J connectivity index is 1.42. The van der Waals surface area contributed by atoms with E-state index in [9.17, 15) is 0 Å². The van der Waals surface area contributed by atoms with E-state index in [1.165, 1.54) is 12.8 Å². The molecule has 2 aromatic heterocycles. The van der Waals surface area contributed by atoms with Gasteiger partial charge in [-0.2, -0.15) is 5.10 Å². The topological polar surface area (TPSA) is 83.3 Å². The summed E-state index contributed by atoms with van der Waals surface area (Å²) in [5.41, 5.74) is 1.14. The molecule has 1 saturated heterocycles. The second-order valence-electron chi connectivity index (χ2n) is 5.72. The lowest BCUT2D eigenvalue weighted by Crippen LogP contribution is -2.38. The predicted molar refractivity (Wildman–Crippen MR) is 96.5 cm³/mol. The van der Waals surface area contributed by atoms with E-state index in [4.69, 9.17) is 4.98 Å². The molecule has 8 nitrogen and oxygen atoms in total. The van der Waals surface area contributed by atoms with Crippen molar-refractivity contribution in [2.24, 2.45) is 12.0 Å². The third kappa shape index (κ3) is 4.22. The van der Waals surface area contributed by atoms with Crippen molar-refractivity contribution in [3.63, 3.8) is 0 Å². The molecule has 2 N–H and O–H groups in total. The standard InChI is InChI=1S/C15H24N8S/c1-16-14(18-9-13-19-11-20-22(13)2)17-6-5-12-10-24-15(21-12)23-7-3-4-8-23/h10-11H,3-9H2,1-2H3,(H2,16,17,18). The Morgan fingerprint density at radius 1 is 1.33 bits per heavy atom. The molecular formula is C15H24N8S. The first-order chi connectivity index (χ1) is 11.8. The highest BCUT2D eigenvalue weighted by Crippen LogP contribution is 2.24. The summed E-state index contributed by atoms with van der Waals surface area (Å²) < 4.78 is 1.75. The fraction of sp³-hybridized carbons (Fsp3) is 0.600. The number of thiazole rings is 1. The number of aliphatic imine (C=N–C) groups is 1. The van der Waals surface area contributed by atoms with Gasteiger partial charge in [0.05, 0.1) is 12.2 Å². The molecule has 0 bridgehead atoms. The molecule has 0 spiro atoms. The Hall–Kier alpha value is -2.16. The van der Waals surface area contributed by atoms with Crippen molar-refractivity contribution < 1.29 is 0 Å². The van der Waals surface area contributed by atoms with Crippen molar-refractivity contribution in [1.82, 2.24) is 30.4 Å². The number of rotatable bonds is 6. The van der Waals surface area contributed by atoms with Gasteiger partial charge in [0.2, 0.25) is 0 Å². The number of anilines is 1. The van der Waals surface area contributed by atoms with E-state index in [0.29, 0.717) is 6.54 Å². The van der Waals surface area contributed by atoms with Crippen LogP contribution in [0.1, 0.15) is 24.4 Å². The number of hydrogen-bond acceptors (Lipinski definition) is 6. The van der Waals surface area contributed by atoms with Crippen LogP contribution >= 0.6 is 11.3 Å². The lowest BCUT2D eigenvalue weighted by Gasteiger charge is -2.12. The van der Waals surface area contributed by atoms with Gasteiger partial charge >= 0.3 is 0 Å². The molecule has 0 atom stereocenters. The van der Waals surface area contributed by atoms with Gasteiger partial charge in [-0.25, -0.2) is 9.97 Å². The lowest BCUT2D eigenvalue weighted by molar-refractivity contribution is 0.672. The summed E-state index contributed by atoms with van der Waals surface area (Å²) in [6.45, 7) is 3.67. The van der Waals surface area contributed by atoms with Crippen LogP contribution in [-0.2, 0) is 20.0 Å². The molecule has 1 aliphatic heterocycles. The van der Waals surface area contributed by atoms with Gasteiger partial charge in [-0.3, -0.25) is 9.67 Å². The van der Waals surface area contributed by atoms with Gasteiger partial charge in [0.15, 0.2) is 11.1 Å². The Morgan fingerprint density at radius 2 is 2.17 bits per heavy atom. The minimum atomic E-state index is 0.589. The van der Waals surface area contributed by atoms with Gasteiger partial charge in [-0.1, -0.05) is 0 Å². The van der Waals surface area contributed by atoms with E-state index in [2.05, 4.69) is 36.0 Å². The van der Waals surface area contributed by atoms with Crippen LogP contribution in [0.2, 0.25) is 0 Å². The van der Waals surface area contributed by atoms with Crippen LogP contribution in [0.5, 0.6) is 0 Å². The molecule has 2 aromatic rings.